The highest BCUT2D eigenvalue weighted by Gasteiger charge is 2.17. The molecule has 0 aromatic heterocycles. The van der Waals surface area contributed by atoms with Gasteiger partial charge in [0.25, 0.3) is 0 Å². The molecule has 148 valence electrons. The number of thioether (sulfide) groups is 1. The number of nitrogens with zero attached hydrogens (tertiary/aromatic N) is 1. The maximum absolute atomic E-state index is 12.3. The van der Waals surface area contributed by atoms with Gasteiger partial charge < -0.3 is 10.6 Å². The predicted octanol–water partition coefficient (Wildman–Crippen LogP) is 3.72. The molecule has 1 aromatic carbocycles. The second-order valence-electron chi connectivity index (χ2n) is 6.92. The van der Waals surface area contributed by atoms with Gasteiger partial charge in [-0.2, -0.15) is 11.8 Å². The fourth-order valence-electron chi connectivity index (χ4n) is 3.50. The Kier molecular flexibility index (Phi) is 11.0. The van der Waals surface area contributed by atoms with Gasteiger partial charge in [0.05, 0.1) is 0 Å². The Bertz CT molecular complexity index is 562. The molecule has 7 heteroatoms. The normalized spacial score (nSPS) is 20.1. The number of carbonyl (C=O) groups is 1. The first-order valence-corrected chi connectivity index (χ1v) is 10.3. The Labute approximate surface area is 174 Å². The Morgan fingerprint density at radius 3 is 2.77 bits per heavy atom. The van der Waals surface area contributed by atoms with Crippen LogP contribution < -0.4 is 10.6 Å². The minimum atomic E-state index is 0. The summed E-state index contributed by atoms with van der Waals surface area (Å²) in [6.07, 6.45) is 2.82. The average molecular weight is 420 g/mol. The zero-order valence-electron chi connectivity index (χ0n) is 15.5. The molecule has 0 spiro atoms. The molecule has 0 bridgehead atoms. The van der Waals surface area contributed by atoms with Crippen LogP contribution in [-0.4, -0.2) is 48.5 Å². The lowest BCUT2D eigenvalue weighted by Crippen LogP contribution is -2.32. The quantitative estimate of drug-likeness (QED) is 0.737. The Balaban J connectivity index is 0.00000169. The lowest BCUT2D eigenvalue weighted by atomic mass is 10.0. The Hall–Kier alpha value is -0.460. The first-order chi connectivity index (χ1) is 11.7. The molecule has 0 radical (unpaired) electrons. The van der Waals surface area contributed by atoms with Crippen LogP contribution in [0.5, 0.6) is 0 Å². The predicted molar refractivity (Wildman–Crippen MR) is 117 cm³/mol. The number of hydrogen-bond donors (Lipinski definition) is 2. The summed E-state index contributed by atoms with van der Waals surface area (Å²) in [5, 5.41) is 6.49. The van der Waals surface area contributed by atoms with Gasteiger partial charge in [0.1, 0.15) is 0 Å². The van der Waals surface area contributed by atoms with Gasteiger partial charge in [0.2, 0.25) is 5.91 Å². The van der Waals surface area contributed by atoms with Crippen LogP contribution in [0.4, 0.5) is 5.69 Å². The van der Waals surface area contributed by atoms with Gasteiger partial charge in [-0.05, 0) is 56.0 Å². The van der Waals surface area contributed by atoms with Crippen molar-refractivity contribution < 1.29 is 4.79 Å². The van der Waals surface area contributed by atoms with Crippen LogP contribution in [0.1, 0.15) is 30.4 Å². The van der Waals surface area contributed by atoms with E-state index in [9.17, 15) is 4.79 Å². The van der Waals surface area contributed by atoms with E-state index in [0.717, 1.165) is 44.8 Å². The van der Waals surface area contributed by atoms with E-state index in [0.29, 0.717) is 12.3 Å². The number of nitrogens with one attached hydrogen (secondary N) is 2. The van der Waals surface area contributed by atoms with Crippen LogP contribution in [0.3, 0.4) is 0 Å². The number of amides is 1. The van der Waals surface area contributed by atoms with Crippen LogP contribution in [0.2, 0.25) is 0 Å². The molecule has 1 aromatic rings. The highest BCUT2D eigenvalue weighted by atomic mass is 35.5. The van der Waals surface area contributed by atoms with Gasteiger partial charge in [-0.3, -0.25) is 9.69 Å². The van der Waals surface area contributed by atoms with Gasteiger partial charge in [-0.1, -0.05) is 12.1 Å². The average Bonchev–Trinajstić information content (AvgIpc) is 3.11. The highest BCUT2D eigenvalue weighted by Crippen LogP contribution is 2.22. The van der Waals surface area contributed by atoms with Crippen molar-refractivity contribution in [3.8, 4) is 0 Å². The molecular weight excluding hydrogens is 389 g/mol. The molecular formula is C19H31Cl2N3OS. The van der Waals surface area contributed by atoms with Crippen LogP contribution in [0.25, 0.3) is 0 Å². The molecule has 2 fully saturated rings. The second kappa shape index (κ2) is 12.1. The number of benzene rings is 1. The monoisotopic (exact) mass is 419 g/mol. The van der Waals surface area contributed by atoms with Crippen molar-refractivity contribution >= 4 is 48.2 Å². The molecule has 2 N–H and O–H groups in total. The molecule has 2 saturated heterocycles. The maximum Gasteiger partial charge on any atom is 0.224 e. The maximum atomic E-state index is 12.3. The third-order valence-corrected chi connectivity index (χ3v) is 6.10. The summed E-state index contributed by atoms with van der Waals surface area (Å²) in [4.78, 5) is 14.8. The molecule has 0 saturated carbocycles. The number of carbonyl (C=O) groups excluding carboxylic acids is 1. The molecule has 2 aliphatic heterocycles. The fourth-order valence-corrected chi connectivity index (χ4v) is 4.48. The fraction of sp³-hybridized carbons (Fsp3) is 0.632. The van der Waals surface area contributed by atoms with Crippen molar-refractivity contribution in [1.82, 2.24) is 10.2 Å². The zero-order chi connectivity index (χ0) is 16.8. The summed E-state index contributed by atoms with van der Waals surface area (Å²) >= 11 is 2.04. The van der Waals surface area contributed by atoms with Gasteiger partial charge in [-0.25, -0.2) is 0 Å². The van der Waals surface area contributed by atoms with E-state index in [1.807, 2.05) is 17.8 Å². The van der Waals surface area contributed by atoms with Crippen molar-refractivity contribution in [2.75, 3.05) is 43.0 Å². The molecule has 4 nitrogen and oxygen atoms in total. The summed E-state index contributed by atoms with van der Waals surface area (Å²) in [6, 6.07) is 6.29. The molecule has 1 amide bonds. The molecule has 1 unspecified atom stereocenters. The minimum absolute atomic E-state index is 0. The standard InChI is InChI=1S/C19H29N3OS.2ClH/c1-15-17(14-22-9-11-24-12-10-22)3-2-4-18(15)21-19(23)6-5-16-7-8-20-13-16;;/h2-4,16,20H,5-14H2,1H3,(H,21,23);2*1H. The lowest BCUT2D eigenvalue weighted by Gasteiger charge is -2.27. The summed E-state index contributed by atoms with van der Waals surface area (Å²) in [5.41, 5.74) is 3.53. The zero-order valence-corrected chi connectivity index (χ0v) is 17.9. The molecule has 1 atom stereocenters. The van der Waals surface area contributed by atoms with Crippen LogP contribution in [0, 0.1) is 12.8 Å². The van der Waals surface area contributed by atoms with Crippen LogP contribution >= 0.6 is 36.6 Å². The van der Waals surface area contributed by atoms with Gasteiger partial charge in [-0.15, -0.1) is 24.8 Å². The van der Waals surface area contributed by atoms with Gasteiger partial charge in [0.15, 0.2) is 0 Å². The van der Waals surface area contributed by atoms with Gasteiger partial charge >= 0.3 is 0 Å². The number of anilines is 1. The van der Waals surface area contributed by atoms with E-state index in [4.69, 9.17) is 0 Å². The highest BCUT2D eigenvalue weighted by molar-refractivity contribution is 7.99. The molecule has 2 heterocycles. The van der Waals surface area contributed by atoms with Crippen molar-refractivity contribution in [2.24, 2.45) is 5.92 Å². The minimum Gasteiger partial charge on any atom is -0.326 e. The number of halogens is 2. The van der Waals surface area contributed by atoms with E-state index in [1.165, 1.54) is 29.1 Å². The largest absolute Gasteiger partial charge is 0.326 e. The first-order valence-electron chi connectivity index (χ1n) is 9.11. The molecule has 3 rings (SSSR count). The van der Waals surface area contributed by atoms with E-state index in [2.05, 4.69) is 34.6 Å². The van der Waals surface area contributed by atoms with Crippen molar-refractivity contribution in [2.45, 2.75) is 32.7 Å². The smallest absolute Gasteiger partial charge is 0.224 e. The Morgan fingerprint density at radius 1 is 1.31 bits per heavy atom. The molecule has 0 aliphatic carbocycles. The van der Waals surface area contributed by atoms with E-state index in [1.54, 1.807) is 0 Å². The topological polar surface area (TPSA) is 44.4 Å². The third-order valence-electron chi connectivity index (χ3n) is 5.16. The van der Waals surface area contributed by atoms with Gasteiger partial charge in [0, 0.05) is 43.2 Å². The SMILES string of the molecule is Cc1c(CN2CCSCC2)cccc1NC(=O)CCC1CCNC1.Cl.Cl. The van der Waals surface area contributed by atoms with E-state index >= 15 is 0 Å². The summed E-state index contributed by atoms with van der Waals surface area (Å²) in [7, 11) is 0. The number of hydrogen-bond acceptors (Lipinski definition) is 4. The Morgan fingerprint density at radius 2 is 2.08 bits per heavy atom. The first kappa shape index (κ1) is 23.6. The molecule has 26 heavy (non-hydrogen) atoms. The van der Waals surface area contributed by atoms with Crippen molar-refractivity contribution in [1.29, 1.82) is 0 Å². The van der Waals surface area contributed by atoms with Crippen molar-refractivity contribution in [3.05, 3.63) is 29.3 Å². The summed E-state index contributed by atoms with van der Waals surface area (Å²) in [5.74, 6) is 3.27. The lowest BCUT2D eigenvalue weighted by molar-refractivity contribution is -0.116. The van der Waals surface area contributed by atoms with Crippen LogP contribution in [-0.2, 0) is 11.3 Å². The van der Waals surface area contributed by atoms with E-state index in [-0.39, 0.29) is 30.7 Å². The van der Waals surface area contributed by atoms with Crippen molar-refractivity contribution in [3.63, 3.8) is 0 Å². The number of rotatable bonds is 6. The van der Waals surface area contributed by atoms with E-state index < -0.39 is 0 Å². The summed E-state index contributed by atoms with van der Waals surface area (Å²) < 4.78 is 0. The second-order valence-corrected chi connectivity index (χ2v) is 8.15. The van der Waals surface area contributed by atoms with Crippen LogP contribution in [0.15, 0.2) is 18.2 Å². The molecule has 2 aliphatic rings. The summed E-state index contributed by atoms with van der Waals surface area (Å²) in [6.45, 7) is 7.61. The third kappa shape index (κ3) is 6.93.